The molecule has 0 radical (unpaired) electrons. The second-order valence-corrected chi connectivity index (χ2v) is 8.43. The minimum Gasteiger partial charge on any atom is -0.368 e. The number of nitrogens with zero attached hydrogens (tertiary/aromatic N) is 2. The SMILES string of the molecule is O=C(NCc1ccccc1F)C1Cc2ccccc2N2CCN(c3ccc(F)cc3)CC12. The van der Waals surface area contributed by atoms with Gasteiger partial charge in [0.15, 0.2) is 0 Å². The third kappa shape index (κ3) is 3.93. The highest BCUT2D eigenvalue weighted by Gasteiger charge is 2.41. The summed E-state index contributed by atoms with van der Waals surface area (Å²) < 4.78 is 27.4. The van der Waals surface area contributed by atoms with Crippen molar-refractivity contribution in [1.82, 2.24) is 5.32 Å². The first-order chi connectivity index (χ1) is 15.6. The molecule has 2 heterocycles. The molecule has 2 atom stereocenters. The van der Waals surface area contributed by atoms with E-state index in [0.717, 1.165) is 24.3 Å². The van der Waals surface area contributed by atoms with Gasteiger partial charge >= 0.3 is 0 Å². The van der Waals surface area contributed by atoms with E-state index in [1.54, 1.807) is 30.3 Å². The number of piperazine rings is 1. The Bertz CT molecular complexity index is 1120. The molecule has 2 aliphatic rings. The zero-order chi connectivity index (χ0) is 22.1. The molecular weight excluding hydrogens is 408 g/mol. The average molecular weight is 434 g/mol. The van der Waals surface area contributed by atoms with Crippen LogP contribution in [0.5, 0.6) is 0 Å². The largest absolute Gasteiger partial charge is 0.368 e. The number of anilines is 2. The van der Waals surface area contributed by atoms with E-state index in [9.17, 15) is 13.6 Å². The molecule has 3 aromatic rings. The Balaban J connectivity index is 1.39. The van der Waals surface area contributed by atoms with Gasteiger partial charge in [-0.2, -0.15) is 0 Å². The van der Waals surface area contributed by atoms with Crippen LogP contribution in [0.15, 0.2) is 72.8 Å². The van der Waals surface area contributed by atoms with E-state index < -0.39 is 0 Å². The molecule has 0 bridgehead atoms. The summed E-state index contributed by atoms with van der Waals surface area (Å²) >= 11 is 0. The highest BCUT2D eigenvalue weighted by Crippen LogP contribution is 2.37. The van der Waals surface area contributed by atoms with Gasteiger partial charge in [0.1, 0.15) is 11.6 Å². The van der Waals surface area contributed by atoms with E-state index in [1.165, 1.54) is 23.9 Å². The Morgan fingerprint density at radius 1 is 0.938 bits per heavy atom. The molecule has 4 nitrogen and oxygen atoms in total. The van der Waals surface area contributed by atoms with Crippen LogP contribution in [-0.2, 0) is 17.8 Å². The van der Waals surface area contributed by atoms with Gasteiger partial charge in [-0.05, 0) is 48.4 Å². The predicted molar refractivity (Wildman–Crippen MR) is 122 cm³/mol. The number of para-hydroxylation sites is 1. The Labute approximate surface area is 186 Å². The van der Waals surface area contributed by atoms with Crippen LogP contribution in [-0.4, -0.2) is 31.6 Å². The molecule has 2 unspecified atom stereocenters. The van der Waals surface area contributed by atoms with Crippen LogP contribution < -0.4 is 15.1 Å². The number of carbonyl (C=O) groups excluding carboxylic acids is 1. The normalized spacial score (nSPS) is 19.8. The van der Waals surface area contributed by atoms with Crippen molar-refractivity contribution in [3.05, 3.63) is 95.6 Å². The third-order valence-electron chi connectivity index (χ3n) is 6.56. The van der Waals surface area contributed by atoms with Crippen molar-refractivity contribution in [2.75, 3.05) is 29.4 Å². The maximum absolute atomic E-state index is 14.0. The minimum atomic E-state index is -0.316. The van der Waals surface area contributed by atoms with E-state index in [-0.39, 0.29) is 36.0 Å². The topological polar surface area (TPSA) is 35.6 Å². The lowest BCUT2D eigenvalue weighted by molar-refractivity contribution is -0.126. The van der Waals surface area contributed by atoms with Crippen molar-refractivity contribution in [3.63, 3.8) is 0 Å². The first-order valence-electron chi connectivity index (χ1n) is 11.0. The number of fused-ring (bicyclic) bond motifs is 3. The smallest absolute Gasteiger partial charge is 0.225 e. The van der Waals surface area contributed by atoms with E-state index in [2.05, 4.69) is 27.2 Å². The van der Waals surface area contributed by atoms with Crippen molar-refractivity contribution >= 4 is 17.3 Å². The molecule has 1 fully saturated rings. The Morgan fingerprint density at radius 2 is 1.69 bits per heavy atom. The van der Waals surface area contributed by atoms with Crippen molar-refractivity contribution < 1.29 is 13.6 Å². The van der Waals surface area contributed by atoms with Crippen molar-refractivity contribution in [2.45, 2.75) is 19.0 Å². The maximum Gasteiger partial charge on any atom is 0.225 e. The number of benzene rings is 3. The van der Waals surface area contributed by atoms with Gasteiger partial charge in [-0.15, -0.1) is 0 Å². The summed E-state index contributed by atoms with van der Waals surface area (Å²) in [6.45, 7) is 2.39. The fourth-order valence-electron chi connectivity index (χ4n) is 4.90. The Morgan fingerprint density at radius 3 is 2.50 bits per heavy atom. The monoisotopic (exact) mass is 433 g/mol. The second kappa shape index (κ2) is 8.61. The van der Waals surface area contributed by atoms with Crippen LogP contribution in [0.4, 0.5) is 20.2 Å². The lowest BCUT2D eigenvalue weighted by Crippen LogP contribution is -2.61. The van der Waals surface area contributed by atoms with E-state index in [1.807, 2.05) is 12.1 Å². The number of hydrogen-bond donors (Lipinski definition) is 1. The summed E-state index contributed by atoms with van der Waals surface area (Å²) in [6, 6.07) is 21.2. The van der Waals surface area contributed by atoms with Gasteiger partial charge in [0, 0.05) is 43.1 Å². The zero-order valence-electron chi connectivity index (χ0n) is 17.7. The van der Waals surface area contributed by atoms with E-state index in [4.69, 9.17) is 0 Å². The molecule has 32 heavy (non-hydrogen) atoms. The molecule has 2 aliphatic heterocycles. The number of carbonyl (C=O) groups is 1. The van der Waals surface area contributed by atoms with Gasteiger partial charge in [0.25, 0.3) is 0 Å². The number of amides is 1. The number of hydrogen-bond acceptors (Lipinski definition) is 3. The van der Waals surface area contributed by atoms with Gasteiger partial charge in [0.05, 0.1) is 12.0 Å². The first-order valence-corrected chi connectivity index (χ1v) is 11.0. The Hall–Kier alpha value is -3.41. The predicted octanol–water partition coefficient (Wildman–Crippen LogP) is 4.15. The van der Waals surface area contributed by atoms with Gasteiger partial charge < -0.3 is 15.1 Å². The van der Waals surface area contributed by atoms with Crippen LogP contribution in [0.25, 0.3) is 0 Å². The van der Waals surface area contributed by atoms with Crippen LogP contribution in [0.2, 0.25) is 0 Å². The number of rotatable bonds is 4. The molecule has 0 aliphatic carbocycles. The second-order valence-electron chi connectivity index (χ2n) is 8.43. The van der Waals surface area contributed by atoms with Gasteiger partial charge in [-0.3, -0.25) is 4.79 Å². The lowest BCUT2D eigenvalue weighted by Gasteiger charge is -2.49. The summed E-state index contributed by atoms with van der Waals surface area (Å²) in [7, 11) is 0. The molecule has 0 saturated carbocycles. The molecule has 0 aromatic heterocycles. The van der Waals surface area contributed by atoms with Crippen molar-refractivity contribution in [1.29, 1.82) is 0 Å². The molecule has 164 valence electrons. The van der Waals surface area contributed by atoms with Crippen LogP contribution >= 0.6 is 0 Å². The summed E-state index contributed by atoms with van der Waals surface area (Å²) in [5.41, 5.74) is 3.76. The van der Waals surface area contributed by atoms with Gasteiger partial charge in [0.2, 0.25) is 5.91 Å². The van der Waals surface area contributed by atoms with Crippen molar-refractivity contribution in [2.24, 2.45) is 5.92 Å². The quantitative estimate of drug-likeness (QED) is 0.672. The highest BCUT2D eigenvalue weighted by molar-refractivity contribution is 5.82. The van der Waals surface area contributed by atoms with Gasteiger partial charge in [-0.25, -0.2) is 8.78 Å². The maximum atomic E-state index is 14.0. The average Bonchev–Trinajstić information content (AvgIpc) is 2.83. The highest BCUT2D eigenvalue weighted by atomic mass is 19.1. The zero-order valence-corrected chi connectivity index (χ0v) is 17.7. The van der Waals surface area contributed by atoms with E-state index >= 15 is 0 Å². The molecule has 0 spiro atoms. The molecule has 1 N–H and O–H groups in total. The van der Waals surface area contributed by atoms with Crippen LogP contribution in [0, 0.1) is 17.6 Å². The molecular formula is C26H25F2N3O. The minimum absolute atomic E-state index is 0.0238. The summed E-state index contributed by atoms with van der Waals surface area (Å²) in [6.07, 6.45) is 0.637. The number of halogens is 2. The standard InChI is InChI=1S/C26H25F2N3O/c27-20-9-11-21(12-10-20)30-13-14-31-24-8-4-2-5-18(24)15-22(25(31)17-30)26(32)29-16-19-6-1-3-7-23(19)28/h1-12,22,25H,13-17H2,(H,29,32). The van der Waals surface area contributed by atoms with Crippen LogP contribution in [0.3, 0.4) is 0 Å². The van der Waals surface area contributed by atoms with Crippen molar-refractivity contribution in [3.8, 4) is 0 Å². The first kappa shape index (κ1) is 20.5. The molecule has 3 aromatic carbocycles. The van der Waals surface area contributed by atoms with E-state index in [0.29, 0.717) is 18.5 Å². The molecule has 6 heteroatoms. The summed E-state index contributed by atoms with van der Waals surface area (Å²) in [5.74, 6) is -0.911. The number of nitrogens with one attached hydrogen (secondary N) is 1. The van der Waals surface area contributed by atoms with Crippen LogP contribution in [0.1, 0.15) is 11.1 Å². The lowest BCUT2D eigenvalue weighted by atomic mass is 9.83. The third-order valence-corrected chi connectivity index (χ3v) is 6.56. The molecule has 5 rings (SSSR count). The van der Waals surface area contributed by atoms with Gasteiger partial charge in [-0.1, -0.05) is 36.4 Å². The summed E-state index contributed by atoms with van der Waals surface area (Å²) in [4.78, 5) is 17.8. The fourth-order valence-corrected chi connectivity index (χ4v) is 4.90. The summed E-state index contributed by atoms with van der Waals surface area (Å²) in [5, 5.41) is 2.96. The fraction of sp³-hybridized carbons (Fsp3) is 0.269. The Kier molecular flexibility index (Phi) is 5.52. The molecule has 1 saturated heterocycles. The molecule has 1 amide bonds.